The van der Waals surface area contributed by atoms with Crippen LogP contribution in [0, 0.1) is 27.7 Å². The Labute approximate surface area is 849 Å². The van der Waals surface area contributed by atoms with Crippen LogP contribution in [-0.4, -0.2) is 29.9 Å². The molecule has 0 spiro atoms. The Hall–Kier alpha value is -18.4. The van der Waals surface area contributed by atoms with E-state index in [1.54, 1.807) is 0 Å². The number of hydrogen-bond donors (Lipinski definition) is 0. The lowest BCUT2D eigenvalue weighted by atomic mass is 9.91. The number of fused-ring (bicyclic) bond motifs is 15. The molecule has 6 aromatic heterocycles. The van der Waals surface area contributed by atoms with Gasteiger partial charge in [0, 0.05) is 65.7 Å². The number of pyridine rings is 6. The fourth-order valence-corrected chi connectivity index (χ4v) is 22.7. The number of nitrogens with zero attached hydrogens (tertiary/aromatic N) is 6. The van der Waals surface area contributed by atoms with E-state index in [4.69, 9.17) is 29.9 Å². The Balaban J connectivity index is 0.000000114. The summed E-state index contributed by atoms with van der Waals surface area (Å²) in [6, 6.07) is 170. The molecular weight excluding hydrogens is 1770 g/mol. The summed E-state index contributed by atoms with van der Waals surface area (Å²) in [5.41, 5.74) is 39.5. The molecule has 21 aromatic carbocycles. The summed E-state index contributed by atoms with van der Waals surface area (Å²) >= 11 is 0. The van der Waals surface area contributed by atoms with Gasteiger partial charge in [0.2, 0.25) is 0 Å². The van der Waals surface area contributed by atoms with E-state index in [1.807, 2.05) is 0 Å². The molecule has 0 unspecified atom stereocenters. The van der Waals surface area contributed by atoms with E-state index >= 15 is 0 Å². The van der Waals surface area contributed by atoms with Crippen LogP contribution < -0.4 is 0 Å². The van der Waals surface area contributed by atoms with Crippen molar-refractivity contribution in [2.24, 2.45) is 0 Å². The van der Waals surface area contributed by atoms with Gasteiger partial charge in [-0.1, -0.05) is 451 Å². The molecule has 0 atom stereocenters. The van der Waals surface area contributed by atoms with Gasteiger partial charge >= 0.3 is 0 Å². The molecule has 0 amide bonds. The number of benzene rings is 21. The molecule has 0 radical (unpaired) electrons. The van der Waals surface area contributed by atoms with Crippen LogP contribution in [0.15, 0.2) is 473 Å². The quantitative estimate of drug-likeness (QED) is 0.101. The summed E-state index contributed by atoms with van der Waals surface area (Å²) in [7, 11) is 0. The molecule has 0 fully saturated rings. The van der Waals surface area contributed by atoms with Crippen molar-refractivity contribution in [3.05, 3.63) is 507 Å². The van der Waals surface area contributed by atoms with Crippen LogP contribution in [0.1, 0.15) is 47.2 Å². The molecule has 0 aliphatic heterocycles. The Morgan fingerprint density at radius 2 is 0.363 bits per heavy atom. The normalized spacial score (nSPS) is 11.5. The minimum absolute atomic E-state index is 0.908. The molecule has 0 aliphatic carbocycles. The van der Waals surface area contributed by atoms with E-state index in [9.17, 15) is 0 Å². The standard InChI is InChI=1S/C48H36N2.2C46H32N2/c1-3-31-19-11-21-35-23-13-25-39(45(31)35)43-29-41(33-15-7-5-8-16-33)37-27-28-38-42(34-17-9-6-10-18-34)30-44(50-48(38)47(37)49-43)40-26-14-24-36-22-12-20-32(4-2)46(36)40;1-29-13-9-19-33-21-11-23-37(43(29)33)41-27-39(31-15-5-3-6-16-31)35-25-26-36-40(32-17-7-4-8-18-32)28-42(48-46(36)45(35)47-41)38-24-12-22-34-20-10-14-30(2)44(34)38;1-29-21-23-33-17-9-11-19-35(33)43(29)41-27-39(31-13-5-3-6-14-31)37-25-26-38-40(32-15-7-4-8-16-32)28-42(48-46(38)45(37)47-41)44-30(2)22-24-34-18-10-12-20-36(34)44/h5-30H,3-4H2,1-2H3;2*3-28H,1-2H3. The molecule has 6 heteroatoms. The highest BCUT2D eigenvalue weighted by molar-refractivity contribution is 6.20. The zero-order chi connectivity index (χ0) is 98.0. The van der Waals surface area contributed by atoms with E-state index in [0.29, 0.717) is 0 Å². The highest BCUT2D eigenvalue weighted by Gasteiger charge is 2.27. The second-order valence-electron chi connectivity index (χ2n) is 38.4. The summed E-state index contributed by atoms with van der Waals surface area (Å²) in [5.74, 6) is 0. The van der Waals surface area contributed by atoms with E-state index in [1.165, 1.54) is 98.0 Å². The largest absolute Gasteiger partial charge is 0.245 e. The van der Waals surface area contributed by atoms with Crippen molar-refractivity contribution in [1.82, 2.24) is 29.9 Å². The van der Waals surface area contributed by atoms with E-state index in [2.05, 4.69) is 515 Å². The Bertz CT molecular complexity index is 9270. The maximum atomic E-state index is 5.59. The highest BCUT2D eigenvalue weighted by Crippen LogP contribution is 2.49. The lowest BCUT2D eigenvalue weighted by molar-refractivity contribution is 1.16. The monoisotopic (exact) mass is 1860 g/mol. The molecule has 6 heterocycles. The molecule has 0 aliphatic rings. The van der Waals surface area contributed by atoms with Crippen molar-refractivity contribution in [1.29, 1.82) is 0 Å². The SMILES string of the molecule is CCc1cccc2cccc(-c3cc(-c4ccccc4)c4ccc5c(-c6ccccc6)cc(-c6cccc7cccc(CC)c67)nc5c4n3)c12.Cc1ccc2ccccc2c1-c1cc(-c2ccccc2)c2ccc3c(-c4ccccc4)cc(-c4c(C)ccc5ccccc45)nc3c2n1.Cc1cccc2cccc(-c3cc(-c4ccccc4)c4ccc5c(-c6ccccc6)cc(-c6cccc7cccc(C)c67)nc5c4n3)c12. The van der Waals surface area contributed by atoms with Crippen molar-refractivity contribution in [2.75, 3.05) is 0 Å². The third-order valence-electron chi connectivity index (χ3n) is 29.6. The molecule has 0 N–H and O–H groups in total. The van der Waals surface area contributed by atoms with Crippen LogP contribution in [0.5, 0.6) is 0 Å². The topological polar surface area (TPSA) is 77.3 Å². The van der Waals surface area contributed by atoms with Gasteiger partial charge in [0.05, 0.1) is 67.3 Å². The summed E-state index contributed by atoms with van der Waals surface area (Å²) in [5, 5.41) is 21.3. The van der Waals surface area contributed by atoms with Gasteiger partial charge in [0.1, 0.15) is 0 Å². The first-order chi connectivity index (χ1) is 72.0. The van der Waals surface area contributed by atoms with Crippen LogP contribution in [-0.2, 0) is 12.8 Å². The fourth-order valence-electron chi connectivity index (χ4n) is 22.7. The first-order valence-electron chi connectivity index (χ1n) is 50.6. The first-order valence-corrected chi connectivity index (χ1v) is 50.6. The van der Waals surface area contributed by atoms with Gasteiger partial charge in [-0.2, -0.15) is 0 Å². The minimum atomic E-state index is 0.908. The van der Waals surface area contributed by atoms with Crippen molar-refractivity contribution < 1.29 is 0 Å². The minimum Gasteiger partial charge on any atom is -0.245 e. The smallest absolute Gasteiger partial charge is 0.0978 e. The van der Waals surface area contributed by atoms with E-state index < -0.39 is 0 Å². The van der Waals surface area contributed by atoms with Crippen molar-refractivity contribution in [2.45, 2.75) is 54.4 Å². The Morgan fingerprint density at radius 3 is 0.630 bits per heavy atom. The van der Waals surface area contributed by atoms with Crippen molar-refractivity contribution >= 4 is 130 Å². The van der Waals surface area contributed by atoms with Crippen LogP contribution in [0.2, 0.25) is 0 Å². The van der Waals surface area contributed by atoms with Crippen LogP contribution >= 0.6 is 0 Å². The molecule has 27 rings (SSSR count). The average molecular weight is 1870 g/mol. The lowest BCUT2D eigenvalue weighted by Gasteiger charge is -2.18. The number of hydrogen-bond acceptors (Lipinski definition) is 6. The maximum Gasteiger partial charge on any atom is 0.0978 e. The molecule has 146 heavy (non-hydrogen) atoms. The van der Waals surface area contributed by atoms with Crippen LogP contribution in [0.25, 0.3) is 264 Å². The zero-order valence-corrected chi connectivity index (χ0v) is 82.1. The van der Waals surface area contributed by atoms with Crippen LogP contribution in [0.4, 0.5) is 0 Å². The second kappa shape index (κ2) is 37.9. The Morgan fingerprint density at radius 1 is 0.151 bits per heavy atom. The molecule has 27 aromatic rings. The number of rotatable bonds is 14. The van der Waals surface area contributed by atoms with Gasteiger partial charge in [-0.25, -0.2) is 29.9 Å². The highest BCUT2D eigenvalue weighted by atomic mass is 14.8. The third kappa shape index (κ3) is 16.1. The zero-order valence-electron chi connectivity index (χ0n) is 82.1. The van der Waals surface area contributed by atoms with Gasteiger partial charge in [-0.15, -0.1) is 0 Å². The summed E-state index contributed by atoms with van der Waals surface area (Å²) in [6.45, 7) is 13.2. The molecular formula is C140H100N6. The van der Waals surface area contributed by atoms with Gasteiger partial charge < -0.3 is 0 Å². The molecule has 0 saturated heterocycles. The maximum absolute atomic E-state index is 5.59. The van der Waals surface area contributed by atoms with Gasteiger partial charge in [0.15, 0.2) is 0 Å². The fraction of sp³-hybridized carbons (Fsp3) is 0.0571. The van der Waals surface area contributed by atoms with Gasteiger partial charge in [0.25, 0.3) is 0 Å². The van der Waals surface area contributed by atoms with Crippen molar-refractivity contribution in [3.8, 4) is 134 Å². The van der Waals surface area contributed by atoms with E-state index in [0.717, 1.165) is 213 Å². The number of aromatic nitrogens is 6. The second-order valence-corrected chi connectivity index (χ2v) is 38.4. The summed E-state index contributed by atoms with van der Waals surface area (Å²) in [6.07, 6.45) is 1.90. The molecule has 0 saturated carbocycles. The number of aryl methyl sites for hydroxylation is 6. The van der Waals surface area contributed by atoms with Crippen molar-refractivity contribution in [3.63, 3.8) is 0 Å². The predicted molar refractivity (Wildman–Crippen MR) is 619 cm³/mol. The van der Waals surface area contributed by atoms with Crippen LogP contribution in [0.3, 0.4) is 0 Å². The molecule has 690 valence electrons. The molecule has 6 nitrogen and oxygen atoms in total. The predicted octanol–water partition coefficient (Wildman–Crippen LogP) is 37.6. The lowest BCUT2D eigenvalue weighted by Crippen LogP contribution is -1.97. The average Bonchev–Trinajstić information content (AvgIpc) is 0.735. The first kappa shape index (κ1) is 89.0. The summed E-state index contributed by atoms with van der Waals surface area (Å²) in [4.78, 5) is 33.4. The molecule has 0 bridgehead atoms. The third-order valence-corrected chi connectivity index (χ3v) is 29.6. The summed E-state index contributed by atoms with van der Waals surface area (Å²) < 4.78 is 0. The Kier molecular flexibility index (Phi) is 23.1. The van der Waals surface area contributed by atoms with Gasteiger partial charge in [-0.05, 0) is 242 Å². The van der Waals surface area contributed by atoms with Gasteiger partial charge in [-0.3, -0.25) is 0 Å². The van der Waals surface area contributed by atoms with E-state index in [-0.39, 0.29) is 0 Å².